The van der Waals surface area contributed by atoms with Gasteiger partial charge in [-0.1, -0.05) is 18.2 Å². The standard InChI is InChI=1S/C19H18F4N2O2/c20-14-4-2-1-3-12(14)11-27-13-5-7-25(8-6-13)19(26)24-18-10-16(22)15(21)9-17(18)23/h1-4,9-10,13H,5-8,11H2,(H,24,26). The molecule has 1 saturated heterocycles. The Balaban J connectivity index is 1.49. The number of nitrogens with one attached hydrogen (secondary N) is 1. The molecule has 144 valence electrons. The number of hydrogen-bond acceptors (Lipinski definition) is 2. The summed E-state index contributed by atoms with van der Waals surface area (Å²) in [6.07, 6.45) is 0.929. The van der Waals surface area contributed by atoms with Gasteiger partial charge in [-0.2, -0.15) is 0 Å². The van der Waals surface area contributed by atoms with Gasteiger partial charge in [0.25, 0.3) is 0 Å². The zero-order valence-corrected chi connectivity index (χ0v) is 14.4. The van der Waals surface area contributed by atoms with Crippen molar-refractivity contribution in [1.29, 1.82) is 0 Å². The second kappa shape index (κ2) is 8.39. The van der Waals surface area contributed by atoms with Crippen LogP contribution in [0.5, 0.6) is 0 Å². The van der Waals surface area contributed by atoms with Gasteiger partial charge in [-0.05, 0) is 18.9 Å². The summed E-state index contributed by atoms with van der Waals surface area (Å²) in [5.41, 5.74) is 0.0447. The van der Waals surface area contributed by atoms with Crippen LogP contribution in [0.25, 0.3) is 0 Å². The zero-order chi connectivity index (χ0) is 19.4. The molecule has 0 saturated carbocycles. The predicted molar refractivity (Wildman–Crippen MR) is 91.1 cm³/mol. The van der Waals surface area contributed by atoms with E-state index in [2.05, 4.69) is 5.32 Å². The Kier molecular flexibility index (Phi) is 5.95. The lowest BCUT2D eigenvalue weighted by atomic mass is 10.1. The molecule has 8 heteroatoms. The Bertz CT molecular complexity index is 823. The van der Waals surface area contributed by atoms with Gasteiger partial charge < -0.3 is 15.0 Å². The minimum absolute atomic E-state index is 0.131. The van der Waals surface area contributed by atoms with E-state index in [1.807, 2.05) is 0 Å². The Hall–Kier alpha value is -2.61. The van der Waals surface area contributed by atoms with Gasteiger partial charge in [0, 0.05) is 30.8 Å². The van der Waals surface area contributed by atoms with Crippen LogP contribution in [0.3, 0.4) is 0 Å². The summed E-state index contributed by atoms with van der Waals surface area (Å²) in [5.74, 6) is -3.95. The molecule has 1 fully saturated rings. The van der Waals surface area contributed by atoms with Gasteiger partial charge in [0.05, 0.1) is 18.4 Å². The minimum atomic E-state index is -1.32. The average Bonchev–Trinajstić information content (AvgIpc) is 2.66. The molecule has 27 heavy (non-hydrogen) atoms. The lowest BCUT2D eigenvalue weighted by Crippen LogP contribution is -2.43. The number of carbonyl (C=O) groups excluding carboxylic acids is 1. The van der Waals surface area contributed by atoms with Gasteiger partial charge in [-0.3, -0.25) is 0 Å². The van der Waals surface area contributed by atoms with Crippen molar-refractivity contribution in [3.63, 3.8) is 0 Å². The second-order valence-corrected chi connectivity index (χ2v) is 6.27. The molecule has 2 aromatic carbocycles. The Labute approximate surface area is 153 Å². The first-order valence-corrected chi connectivity index (χ1v) is 8.49. The number of piperidine rings is 1. The highest BCUT2D eigenvalue weighted by Gasteiger charge is 2.24. The molecule has 1 N–H and O–H groups in total. The van der Waals surface area contributed by atoms with Crippen molar-refractivity contribution in [2.45, 2.75) is 25.6 Å². The number of likely N-dealkylation sites (tertiary alicyclic amines) is 1. The molecule has 2 amide bonds. The van der Waals surface area contributed by atoms with Gasteiger partial charge in [-0.15, -0.1) is 0 Å². The maximum Gasteiger partial charge on any atom is 0.321 e. The molecule has 0 radical (unpaired) electrons. The van der Waals surface area contributed by atoms with E-state index in [0.29, 0.717) is 43.6 Å². The zero-order valence-electron chi connectivity index (χ0n) is 14.4. The van der Waals surface area contributed by atoms with Gasteiger partial charge >= 0.3 is 6.03 Å². The van der Waals surface area contributed by atoms with Crippen molar-refractivity contribution in [1.82, 2.24) is 4.90 Å². The summed E-state index contributed by atoms with van der Waals surface area (Å²) in [6, 6.07) is 6.72. The summed E-state index contributed by atoms with van der Waals surface area (Å²) in [5, 5.41) is 2.24. The van der Waals surface area contributed by atoms with Crippen LogP contribution < -0.4 is 5.32 Å². The van der Waals surface area contributed by atoms with Crippen LogP contribution in [0.15, 0.2) is 36.4 Å². The molecule has 0 aliphatic carbocycles. The molecular weight excluding hydrogens is 364 g/mol. The molecular formula is C19H18F4N2O2. The number of amides is 2. The van der Waals surface area contributed by atoms with E-state index in [0.717, 1.165) is 0 Å². The van der Waals surface area contributed by atoms with E-state index in [4.69, 9.17) is 4.74 Å². The third-order valence-electron chi connectivity index (χ3n) is 4.41. The summed E-state index contributed by atoms with van der Waals surface area (Å²) >= 11 is 0. The van der Waals surface area contributed by atoms with Crippen LogP contribution in [-0.2, 0) is 11.3 Å². The van der Waals surface area contributed by atoms with Crippen molar-refractivity contribution < 1.29 is 27.1 Å². The fourth-order valence-corrected chi connectivity index (χ4v) is 2.86. The van der Waals surface area contributed by atoms with E-state index >= 15 is 0 Å². The maximum atomic E-state index is 13.6. The van der Waals surface area contributed by atoms with Gasteiger partial charge in [0.2, 0.25) is 0 Å². The summed E-state index contributed by atoms with van der Waals surface area (Å²) in [4.78, 5) is 13.6. The van der Waals surface area contributed by atoms with E-state index in [9.17, 15) is 22.4 Å². The van der Waals surface area contributed by atoms with E-state index < -0.39 is 29.2 Å². The predicted octanol–water partition coefficient (Wildman–Crippen LogP) is 4.46. The highest BCUT2D eigenvalue weighted by Crippen LogP contribution is 2.21. The number of benzene rings is 2. The first-order valence-electron chi connectivity index (χ1n) is 8.49. The third-order valence-corrected chi connectivity index (χ3v) is 4.41. The van der Waals surface area contributed by atoms with E-state index in [1.54, 1.807) is 18.2 Å². The molecule has 1 aliphatic heterocycles. The number of carbonyl (C=O) groups is 1. The summed E-state index contributed by atoms with van der Waals surface area (Å²) < 4.78 is 59.0. The highest BCUT2D eigenvalue weighted by atomic mass is 19.2. The van der Waals surface area contributed by atoms with Gasteiger partial charge in [-0.25, -0.2) is 22.4 Å². The molecule has 2 aromatic rings. The second-order valence-electron chi connectivity index (χ2n) is 6.27. The summed E-state index contributed by atoms with van der Waals surface area (Å²) in [6.45, 7) is 0.835. The molecule has 1 aliphatic rings. The van der Waals surface area contributed by atoms with Crippen LogP contribution in [0.2, 0.25) is 0 Å². The smallest absolute Gasteiger partial charge is 0.321 e. The fraction of sp³-hybridized carbons (Fsp3) is 0.316. The summed E-state index contributed by atoms with van der Waals surface area (Å²) in [7, 11) is 0. The molecule has 0 spiro atoms. The fourth-order valence-electron chi connectivity index (χ4n) is 2.86. The van der Waals surface area contributed by atoms with Gasteiger partial charge in [0.1, 0.15) is 11.6 Å². The van der Waals surface area contributed by atoms with Crippen molar-refractivity contribution in [3.8, 4) is 0 Å². The number of ether oxygens (including phenoxy) is 1. The van der Waals surface area contributed by atoms with Gasteiger partial charge in [0.15, 0.2) is 11.6 Å². The Morgan fingerprint density at radius 1 is 1.00 bits per heavy atom. The van der Waals surface area contributed by atoms with Crippen LogP contribution in [0, 0.1) is 23.3 Å². The Morgan fingerprint density at radius 3 is 2.37 bits per heavy atom. The van der Waals surface area contributed by atoms with Crippen molar-refractivity contribution in [3.05, 3.63) is 65.2 Å². The SMILES string of the molecule is O=C(Nc1cc(F)c(F)cc1F)N1CCC(OCc2ccccc2F)CC1. The number of hydrogen-bond donors (Lipinski definition) is 1. The molecule has 0 atom stereocenters. The van der Waals surface area contributed by atoms with Crippen LogP contribution in [0.4, 0.5) is 28.0 Å². The first-order chi connectivity index (χ1) is 12.9. The molecule has 1 heterocycles. The number of halogens is 4. The van der Waals surface area contributed by atoms with Crippen molar-refractivity contribution in [2.24, 2.45) is 0 Å². The number of nitrogens with zero attached hydrogens (tertiary/aromatic N) is 1. The van der Waals surface area contributed by atoms with Crippen molar-refractivity contribution >= 4 is 11.7 Å². The lowest BCUT2D eigenvalue weighted by Gasteiger charge is -2.32. The van der Waals surface area contributed by atoms with Crippen LogP contribution in [-0.4, -0.2) is 30.1 Å². The first kappa shape index (κ1) is 19.2. The lowest BCUT2D eigenvalue weighted by molar-refractivity contribution is 0.00430. The number of urea groups is 1. The number of rotatable bonds is 4. The third kappa shape index (κ3) is 4.77. The maximum absolute atomic E-state index is 13.6. The molecule has 4 nitrogen and oxygen atoms in total. The molecule has 0 aromatic heterocycles. The molecule has 0 bridgehead atoms. The Morgan fingerprint density at radius 2 is 1.67 bits per heavy atom. The highest BCUT2D eigenvalue weighted by molar-refractivity contribution is 5.89. The van der Waals surface area contributed by atoms with E-state index in [-0.39, 0.29) is 18.5 Å². The molecule has 0 unspecified atom stereocenters. The monoisotopic (exact) mass is 382 g/mol. The number of anilines is 1. The van der Waals surface area contributed by atoms with Crippen molar-refractivity contribution in [2.75, 3.05) is 18.4 Å². The van der Waals surface area contributed by atoms with Crippen LogP contribution >= 0.6 is 0 Å². The normalized spacial score (nSPS) is 15.0. The molecule has 3 rings (SSSR count). The van der Waals surface area contributed by atoms with Crippen LogP contribution in [0.1, 0.15) is 18.4 Å². The average molecular weight is 382 g/mol. The van der Waals surface area contributed by atoms with E-state index in [1.165, 1.54) is 11.0 Å². The largest absolute Gasteiger partial charge is 0.373 e. The minimum Gasteiger partial charge on any atom is -0.373 e. The quantitative estimate of drug-likeness (QED) is 0.627. The topological polar surface area (TPSA) is 41.6 Å².